The van der Waals surface area contributed by atoms with Crippen LogP contribution in [0.15, 0.2) is 25.9 Å². The molecule has 0 aliphatic carbocycles. The molecule has 0 atom stereocenters. The molecule has 2 rings (SSSR count). The number of anilines is 1. The molecule has 3 nitrogen and oxygen atoms in total. The molecular formula is C8H4Br2N2OS2. The standard InChI is InChI=1S/C8H4Br2N2OS2/c9-4-1-2-14-6(4)7(13)12-8-11-3-5(10)15-8/h1-3H,(H,11,12,13). The molecule has 2 aromatic rings. The molecule has 7 heteroatoms. The van der Waals surface area contributed by atoms with Crippen LogP contribution < -0.4 is 5.32 Å². The van der Waals surface area contributed by atoms with Crippen molar-refractivity contribution >= 4 is 65.6 Å². The predicted molar refractivity (Wildman–Crippen MR) is 69.8 cm³/mol. The molecular weight excluding hydrogens is 364 g/mol. The van der Waals surface area contributed by atoms with E-state index >= 15 is 0 Å². The Kier molecular flexibility index (Phi) is 3.55. The first-order valence-corrected chi connectivity index (χ1v) is 7.10. The predicted octanol–water partition coefficient (Wildman–Crippen LogP) is 3.98. The van der Waals surface area contributed by atoms with Crippen LogP contribution in [0.2, 0.25) is 0 Å². The van der Waals surface area contributed by atoms with Gasteiger partial charge in [-0.1, -0.05) is 11.3 Å². The van der Waals surface area contributed by atoms with E-state index in [0.29, 0.717) is 10.0 Å². The summed E-state index contributed by atoms with van der Waals surface area (Å²) in [4.78, 5) is 16.4. The van der Waals surface area contributed by atoms with Gasteiger partial charge >= 0.3 is 0 Å². The average Bonchev–Trinajstić information content (AvgIpc) is 2.75. The smallest absolute Gasteiger partial charge is 0.268 e. The zero-order valence-corrected chi connectivity index (χ0v) is 12.0. The number of carbonyl (C=O) groups excluding carboxylic acids is 1. The van der Waals surface area contributed by atoms with Gasteiger partial charge in [0.1, 0.15) is 4.88 Å². The van der Waals surface area contributed by atoms with E-state index in [1.165, 1.54) is 22.7 Å². The summed E-state index contributed by atoms with van der Waals surface area (Å²) in [7, 11) is 0. The van der Waals surface area contributed by atoms with Gasteiger partial charge in [0.2, 0.25) is 0 Å². The average molecular weight is 368 g/mol. The number of hydrogen-bond donors (Lipinski definition) is 1. The minimum atomic E-state index is -0.140. The number of amides is 1. The van der Waals surface area contributed by atoms with E-state index < -0.39 is 0 Å². The van der Waals surface area contributed by atoms with Crippen LogP contribution in [-0.4, -0.2) is 10.9 Å². The summed E-state index contributed by atoms with van der Waals surface area (Å²) in [6, 6.07) is 1.84. The third kappa shape index (κ3) is 2.66. The molecule has 0 aromatic carbocycles. The maximum Gasteiger partial charge on any atom is 0.268 e. The molecule has 0 saturated carbocycles. The van der Waals surface area contributed by atoms with Crippen molar-refractivity contribution in [3.05, 3.63) is 30.8 Å². The minimum Gasteiger partial charge on any atom is -0.297 e. The van der Waals surface area contributed by atoms with E-state index in [-0.39, 0.29) is 5.91 Å². The van der Waals surface area contributed by atoms with E-state index in [4.69, 9.17) is 0 Å². The van der Waals surface area contributed by atoms with E-state index in [0.717, 1.165) is 8.26 Å². The van der Waals surface area contributed by atoms with Gasteiger partial charge in [0.05, 0.1) is 9.98 Å². The summed E-state index contributed by atoms with van der Waals surface area (Å²) in [5.41, 5.74) is 0. The number of halogens is 2. The van der Waals surface area contributed by atoms with Crippen molar-refractivity contribution in [3.63, 3.8) is 0 Å². The lowest BCUT2D eigenvalue weighted by Crippen LogP contribution is -2.10. The fourth-order valence-electron chi connectivity index (χ4n) is 0.922. The summed E-state index contributed by atoms with van der Waals surface area (Å²) in [5.74, 6) is -0.140. The van der Waals surface area contributed by atoms with Crippen molar-refractivity contribution in [3.8, 4) is 0 Å². The maximum absolute atomic E-state index is 11.7. The molecule has 1 N–H and O–H groups in total. The van der Waals surface area contributed by atoms with Gasteiger partial charge in [-0.05, 0) is 43.3 Å². The van der Waals surface area contributed by atoms with Crippen molar-refractivity contribution in [2.75, 3.05) is 5.32 Å². The lowest BCUT2D eigenvalue weighted by atomic mass is 10.4. The van der Waals surface area contributed by atoms with Crippen LogP contribution in [0.4, 0.5) is 5.13 Å². The molecule has 0 fully saturated rings. The number of thiazole rings is 1. The van der Waals surface area contributed by atoms with Gasteiger partial charge in [-0.3, -0.25) is 10.1 Å². The highest BCUT2D eigenvalue weighted by Gasteiger charge is 2.12. The SMILES string of the molecule is O=C(Nc1ncc(Br)s1)c1sccc1Br. The number of aromatic nitrogens is 1. The molecule has 0 unspecified atom stereocenters. The van der Waals surface area contributed by atoms with Crippen LogP contribution in [-0.2, 0) is 0 Å². The van der Waals surface area contributed by atoms with Crippen LogP contribution in [0.25, 0.3) is 0 Å². The molecule has 1 amide bonds. The van der Waals surface area contributed by atoms with Gasteiger partial charge in [-0.15, -0.1) is 11.3 Å². The molecule has 2 heterocycles. The summed E-state index contributed by atoms with van der Waals surface area (Å²) < 4.78 is 1.70. The number of carbonyl (C=O) groups is 1. The van der Waals surface area contributed by atoms with Crippen molar-refractivity contribution < 1.29 is 4.79 Å². The van der Waals surface area contributed by atoms with Crippen LogP contribution in [0.1, 0.15) is 9.67 Å². The Bertz CT molecular complexity index is 494. The van der Waals surface area contributed by atoms with E-state index in [1.54, 1.807) is 6.20 Å². The molecule has 0 aliphatic heterocycles. The molecule has 0 saturated heterocycles. The van der Waals surface area contributed by atoms with Crippen molar-refractivity contribution in [2.24, 2.45) is 0 Å². The highest BCUT2D eigenvalue weighted by atomic mass is 79.9. The van der Waals surface area contributed by atoms with Crippen molar-refractivity contribution in [1.82, 2.24) is 4.98 Å². The maximum atomic E-state index is 11.7. The third-order valence-electron chi connectivity index (χ3n) is 1.52. The quantitative estimate of drug-likeness (QED) is 0.872. The number of thiophene rings is 1. The zero-order chi connectivity index (χ0) is 10.8. The van der Waals surface area contributed by atoms with Gasteiger partial charge in [0, 0.05) is 4.47 Å². The Morgan fingerprint density at radius 2 is 2.27 bits per heavy atom. The van der Waals surface area contributed by atoms with Crippen LogP contribution in [0, 0.1) is 0 Å². The van der Waals surface area contributed by atoms with Gasteiger partial charge in [-0.2, -0.15) is 0 Å². The minimum absolute atomic E-state index is 0.140. The molecule has 0 radical (unpaired) electrons. The van der Waals surface area contributed by atoms with Crippen LogP contribution in [0.3, 0.4) is 0 Å². The molecule has 0 spiro atoms. The highest BCUT2D eigenvalue weighted by Crippen LogP contribution is 2.26. The summed E-state index contributed by atoms with van der Waals surface area (Å²) in [6.07, 6.45) is 1.66. The van der Waals surface area contributed by atoms with Crippen molar-refractivity contribution in [1.29, 1.82) is 0 Å². The Labute approximate surface area is 111 Å². The third-order valence-corrected chi connectivity index (χ3v) is 4.75. The lowest BCUT2D eigenvalue weighted by Gasteiger charge is -1.98. The molecule has 15 heavy (non-hydrogen) atoms. The fraction of sp³-hybridized carbons (Fsp3) is 0. The number of nitrogens with one attached hydrogen (secondary N) is 1. The van der Waals surface area contributed by atoms with Crippen LogP contribution in [0.5, 0.6) is 0 Å². The highest BCUT2D eigenvalue weighted by molar-refractivity contribution is 9.11. The second-order valence-corrected chi connectivity index (χ2v) is 6.70. The molecule has 78 valence electrons. The van der Waals surface area contributed by atoms with E-state index in [9.17, 15) is 4.79 Å². The normalized spacial score (nSPS) is 10.3. The first kappa shape index (κ1) is 11.3. The first-order valence-electron chi connectivity index (χ1n) is 3.82. The number of hydrogen-bond acceptors (Lipinski definition) is 4. The Morgan fingerprint density at radius 3 is 2.80 bits per heavy atom. The number of nitrogens with zero attached hydrogens (tertiary/aromatic N) is 1. The Balaban J connectivity index is 2.14. The van der Waals surface area contributed by atoms with Gasteiger partial charge in [0.25, 0.3) is 5.91 Å². The fourth-order valence-corrected chi connectivity index (χ4v) is 3.47. The summed E-state index contributed by atoms with van der Waals surface area (Å²) in [5, 5.41) is 5.17. The largest absolute Gasteiger partial charge is 0.297 e. The molecule has 0 aliphatic rings. The van der Waals surface area contributed by atoms with Crippen molar-refractivity contribution in [2.45, 2.75) is 0 Å². The zero-order valence-electron chi connectivity index (χ0n) is 7.16. The first-order chi connectivity index (χ1) is 7.16. The Morgan fingerprint density at radius 1 is 1.47 bits per heavy atom. The monoisotopic (exact) mass is 366 g/mol. The second kappa shape index (κ2) is 4.73. The van der Waals surface area contributed by atoms with Gasteiger partial charge in [0.15, 0.2) is 5.13 Å². The second-order valence-electron chi connectivity index (χ2n) is 2.52. The number of rotatable bonds is 2. The Hall–Kier alpha value is -0.240. The summed E-state index contributed by atoms with van der Waals surface area (Å²) in [6.45, 7) is 0. The van der Waals surface area contributed by atoms with E-state index in [2.05, 4.69) is 42.2 Å². The summed E-state index contributed by atoms with van der Waals surface area (Å²) >= 11 is 9.36. The topological polar surface area (TPSA) is 42.0 Å². The molecule has 0 bridgehead atoms. The lowest BCUT2D eigenvalue weighted by molar-refractivity contribution is 0.103. The van der Waals surface area contributed by atoms with Crippen LogP contribution >= 0.6 is 54.5 Å². The van der Waals surface area contributed by atoms with Gasteiger partial charge < -0.3 is 0 Å². The molecule has 2 aromatic heterocycles. The van der Waals surface area contributed by atoms with Gasteiger partial charge in [-0.25, -0.2) is 4.98 Å². The van der Waals surface area contributed by atoms with E-state index in [1.807, 2.05) is 11.4 Å².